The number of aromatic amines is 1. The summed E-state index contributed by atoms with van der Waals surface area (Å²) in [5, 5.41) is 23.9. The van der Waals surface area contributed by atoms with E-state index in [0.717, 1.165) is 19.3 Å². The maximum absolute atomic E-state index is 14.9. The van der Waals surface area contributed by atoms with Crippen molar-refractivity contribution in [2.24, 2.45) is 5.92 Å². The van der Waals surface area contributed by atoms with Crippen molar-refractivity contribution in [2.45, 2.75) is 115 Å². The van der Waals surface area contributed by atoms with Crippen LogP contribution in [0.15, 0.2) is 48.9 Å². The Morgan fingerprint density at radius 2 is 1.38 bits per heavy atom. The van der Waals surface area contributed by atoms with Gasteiger partial charge in [0.25, 0.3) is 0 Å². The Labute approximate surface area is 353 Å². The summed E-state index contributed by atoms with van der Waals surface area (Å²) in [6.45, 7) is 9.01. The van der Waals surface area contributed by atoms with Gasteiger partial charge in [0, 0.05) is 63.0 Å². The van der Waals surface area contributed by atoms with Crippen LogP contribution in [0.25, 0.3) is 33.7 Å². The molecule has 5 aromatic rings. The Morgan fingerprint density at radius 1 is 0.820 bits per heavy atom. The van der Waals surface area contributed by atoms with Gasteiger partial charge in [0.05, 0.1) is 52.2 Å². The average Bonchev–Trinajstić information content (AvgIpc) is 4.10. The fourth-order valence-electron chi connectivity index (χ4n) is 8.69. The number of halogens is 2. The van der Waals surface area contributed by atoms with E-state index in [2.05, 4.69) is 31.2 Å². The highest BCUT2D eigenvalue weighted by atomic mass is 19.1. The summed E-state index contributed by atoms with van der Waals surface area (Å²) in [4.78, 5) is 61.4. The Balaban J connectivity index is 1.25. The van der Waals surface area contributed by atoms with Crippen molar-refractivity contribution in [2.75, 3.05) is 27.2 Å². The molecule has 328 valence electrons. The minimum Gasteiger partial charge on any atom is -0.376 e. The molecule has 1 unspecified atom stereocenters. The van der Waals surface area contributed by atoms with Crippen LogP contribution < -0.4 is 21.3 Å². The normalized spacial score (nSPS) is 19.7. The van der Waals surface area contributed by atoms with Gasteiger partial charge in [-0.1, -0.05) is 13.8 Å². The second-order valence-corrected chi connectivity index (χ2v) is 16.8. The van der Waals surface area contributed by atoms with E-state index in [0.29, 0.717) is 72.0 Å². The summed E-state index contributed by atoms with van der Waals surface area (Å²) in [5.74, 6) is -0.933. The number of aliphatic hydroxyl groups excluding tert-OH is 1. The number of carbonyl (C=O) groups excluding carboxylic acids is 3. The van der Waals surface area contributed by atoms with Gasteiger partial charge < -0.3 is 45.4 Å². The number of amides is 3. The van der Waals surface area contributed by atoms with Crippen molar-refractivity contribution in [3.8, 4) is 11.6 Å². The fraction of sp³-hybridized carbons (Fsp3) is 0.535. The van der Waals surface area contributed by atoms with E-state index in [1.165, 1.54) is 24.3 Å². The van der Waals surface area contributed by atoms with Gasteiger partial charge in [0.15, 0.2) is 11.6 Å². The van der Waals surface area contributed by atoms with Crippen LogP contribution in [0.2, 0.25) is 0 Å². The molecule has 6 N–H and O–H groups in total. The Kier molecular flexibility index (Phi) is 13.5. The number of aliphatic hydroxyl groups is 1. The molecule has 18 heteroatoms. The van der Waals surface area contributed by atoms with Gasteiger partial charge in [-0.15, -0.1) is 0 Å². The van der Waals surface area contributed by atoms with Gasteiger partial charge in [-0.3, -0.25) is 19.3 Å². The number of imidazole rings is 3. The number of hydrogen-bond donors (Lipinski definition) is 6. The molecule has 3 aromatic heterocycles. The van der Waals surface area contributed by atoms with Gasteiger partial charge >= 0.3 is 0 Å². The predicted octanol–water partition coefficient (Wildman–Crippen LogP) is 2.91. The number of aromatic nitrogens is 6. The summed E-state index contributed by atoms with van der Waals surface area (Å²) in [7, 11) is 3.39. The lowest BCUT2D eigenvalue weighted by Gasteiger charge is -2.35. The molecule has 5 heterocycles. The Hall–Kier alpha value is -5.30. The van der Waals surface area contributed by atoms with Gasteiger partial charge in [0.2, 0.25) is 17.7 Å². The zero-order chi connectivity index (χ0) is 43.5. The van der Waals surface area contributed by atoms with Crippen molar-refractivity contribution < 1.29 is 28.3 Å². The third-order valence-electron chi connectivity index (χ3n) is 12.4. The maximum Gasteiger partial charge on any atom is 0.245 e. The summed E-state index contributed by atoms with van der Waals surface area (Å²) < 4.78 is 33.7. The number of benzene rings is 2. The molecule has 2 fully saturated rings. The van der Waals surface area contributed by atoms with Crippen LogP contribution in [0.5, 0.6) is 0 Å². The highest BCUT2D eigenvalue weighted by Crippen LogP contribution is 2.33. The average molecular weight is 845 g/mol. The number of likely N-dealkylation sites (tertiary alicyclic amines) is 2. The molecule has 0 saturated carbocycles. The van der Waals surface area contributed by atoms with Crippen LogP contribution in [0.4, 0.5) is 8.78 Å². The third-order valence-corrected chi connectivity index (χ3v) is 12.4. The van der Waals surface area contributed by atoms with Gasteiger partial charge in [-0.25, -0.2) is 23.7 Å². The molecule has 2 aliphatic rings. The molecule has 7 atom stereocenters. The molecule has 0 spiro atoms. The maximum atomic E-state index is 14.9. The van der Waals surface area contributed by atoms with Crippen LogP contribution in [0, 0.1) is 17.6 Å². The molecule has 0 radical (unpaired) electrons. The minimum atomic E-state index is -1.08. The summed E-state index contributed by atoms with van der Waals surface area (Å²) >= 11 is 0. The number of H-pyrrole nitrogens is 1. The van der Waals surface area contributed by atoms with Gasteiger partial charge in [-0.05, 0) is 83.8 Å². The second-order valence-electron chi connectivity index (χ2n) is 16.8. The summed E-state index contributed by atoms with van der Waals surface area (Å²) in [5.41, 5.74) is 2.78. The highest BCUT2D eigenvalue weighted by molar-refractivity contribution is 5.90. The first-order valence-electron chi connectivity index (χ1n) is 21.3. The topological polar surface area (TPSA) is 190 Å². The van der Waals surface area contributed by atoms with E-state index in [9.17, 15) is 28.3 Å². The van der Waals surface area contributed by atoms with Crippen LogP contribution >= 0.6 is 0 Å². The Bertz CT molecular complexity index is 2330. The number of rotatable bonds is 17. The minimum absolute atomic E-state index is 0.169. The quantitative estimate of drug-likeness (QED) is 0.0813. The number of nitrogens with one attached hydrogen (secondary N) is 5. The van der Waals surface area contributed by atoms with Gasteiger partial charge in [0.1, 0.15) is 23.9 Å². The van der Waals surface area contributed by atoms with E-state index < -0.39 is 42.0 Å². The highest BCUT2D eigenvalue weighted by Gasteiger charge is 2.39. The molecular weight excluding hydrogens is 787 g/mol. The first-order valence-corrected chi connectivity index (χ1v) is 21.3. The third kappa shape index (κ3) is 9.32. The molecule has 0 bridgehead atoms. The lowest BCUT2D eigenvalue weighted by Crippen LogP contribution is -2.57. The van der Waals surface area contributed by atoms with Crippen molar-refractivity contribution in [3.05, 3.63) is 66.3 Å². The summed E-state index contributed by atoms with van der Waals surface area (Å²) in [6.07, 6.45) is 5.45. The molecule has 2 aliphatic heterocycles. The van der Waals surface area contributed by atoms with E-state index >= 15 is 0 Å². The number of hydrogen-bond acceptors (Lipinski definition) is 10. The smallest absolute Gasteiger partial charge is 0.245 e. The van der Waals surface area contributed by atoms with Crippen molar-refractivity contribution >= 4 is 39.8 Å². The second kappa shape index (κ2) is 18.8. The monoisotopic (exact) mass is 844 g/mol. The largest absolute Gasteiger partial charge is 0.376 e. The van der Waals surface area contributed by atoms with Crippen molar-refractivity contribution in [1.29, 1.82) is 0 Å². The number of likely N-dealkylation sites (N-methyl/N-ethyl adjacent to an activating group) is 2. The van der Waals surface area contributed by atoms with Crippen LogP contribution in [-0.4, -0.2) is 131 Å². The molecule has 2 aromatic carbocycles. The predicted molar refractivity (Wildman–Crippen MR) is 227 cm³/mol. The summed E-state index contributed by atoms with van der Waals surface area (Å²) in [6, 6.07) is 5.93. The van der Waals surface area contributed by atoms with E-state index in [4.69, 9.17) is 9.97 Å². The molecule has 3 amide bonds. The first-order chi connectivity index (χ1) is 29.3. The molecule has 2 saturated heterocycles. The number of carbonyl (C=O) groups is 3. The van der Waals surface area contributed by atoms with Crippen molar-refractivity contribution in [1.82, 2.24) is 60.1 Å². The zero-order valence-corrected chi connectivity index (χ0v) is 35.7. The number of nitrogens with zero attached hydrogens (tertiary/aromatic N) is 7. The molecule has 61 heavy (non-hydrogen) atoms. The van der Waals surface area contributed by atoms with Gasteiger partial charge in [-0.2, -0.15) is 0 Å². The SMILES string of the molecule is CN[C@H](C)C(=O)N[C@H](Cc1c[nH]cn1)C(O)N1CCC[C@H]1Cn1c(-c2nc3cc(F)ccc3n2C[C@@H]2CCCN2C(=O)[C@H](NC(=O)[C@@H](C)NC)C(C)C)nc2cc(F)ccc21. The lowest BCUT2D eigenvalue weighted by molar-refractivity contribution is -0.139. The van der Waals surface area contributed by atoms with E-state index in [1.54, 1.807) is 52.6 Å². The van der Waals surface area contributed by atoms with Crippen molar-refractivity contribution in [3.63, 3.8) is 0 Å². The standard InChI is InChI=1S/C43H58F2N12O4/c1-24(2)37(53-41(59)26(4)47-6)43(61)55-16-8-10-31(55)22-57-36-14-12-28(45)18-33(36)51-39(57)38-50-32-17-27(44)11-13-35(32)56(38)21-30-9-7-15-54(30)42(60)34(19-29-20-48-23-49-29)52-40(58)25(3)46-5/h11-14,17-18,20,23-26,30-31,34,37,42,46-47,60H,7-10,15-16,19,21-22H2,1-6H3,(H,48,49)(H,52,58)(H,53,59)/t25-,26-,30+,31+,34-,37-,42?/m1/s1. The molecule has 7 rings (SSSR count). The van der Waals surface area contributed by atoms with E-state index in [1.807, 2.05) is 32.8 Å². The number of fused-ring (bicyclic) bond motifs is 2. The van der Waals surface area contributed by atoms with Crippen LogP contribution in [-0.2, 0) is 33.9 Å². The lowest BCUT2D eigenvalue weighted by atomic mass is 10.0. The first kappa shape index (κ1) is 43.8. The Morgan fingerprint density at radius 3 is 1.93 bits per heavy atom. The van der Waals surface area contributed by atoms with Crippen LogP contribution in [0.3, 0.4) is 0 Å². The zero-order valence-electron chi connectivity index (χ0n) is 35.7. The molecule has 0 aliphatic carbocycles. The van der Waals surface area contributed by atoms with E-state index in [-0.39, 0.29) is 42.1 Å². The molecular formula is C43H58F2N12O4. The fourth-order valence-corrected chi connectivity index (χ4v) is 8.69. The molecule has 16 nitrogen and oxygen atoms in total. The van der Waals surface area contributed by atoms with Crippen LogP contribution in [0.1, 0.15) is 59.1 Å².